The van der Waals surface area contributed by atoms with E-state index in [1.165, 1.54) is 39.1 Å². The maximum Gasteiger partial charge on any atom is 0.0384 e. The van der Waals surface area contributed by atoms with E-state index in [4.69, 9.17) is 0 Å². The summed E-state index contributed by atoms with van der Waals surface area (Å²) >= 11 is 0. The summed E-state index contributed by atoms with van der Waals surface area (Å²) in [6.07, 6.45) is 9.62. The molecule has 1 aromatic rings. The molecule has 4 bridgehead atoms. The summed E-state index contributed by atoms with van der Waals surface area (Å²) in [6, 6.07) is 10.5. The second-order valence-corrected chi connectivity index (χ2v) is 7.69. The number of rotatable bonds is 0. The zero-order valence-corrected chi connectivity index (χ0v) is 12.9. The molecular weight excluding hydrogens is 220 g/mol. The minimum Gasteiger partial charge on any atom is -0.0708 e. The molecule has 0 aromatic heterocycles. The molecule has 0 N–H and O–H groups in total. The maximum atomic E-state index is 2.15. The van der Waals surface area contributed by atoms with Crippen LogP contribution in [-0.2, 0) is 0 Å². The highest BCUT2D eigenvalue weighted by atomic mass is 28.1. The van der Waals surface area contributed by atoms with Crippen LogP contribution in [0.1, 0.15) is 38.5 Å². The van der Waals surface area contributed by atoms with Crippen LogP contribution >= 0.6 is 0 Å². The van der Waals surface area contributed by atoms with Gasteiger partial charge >= 0.3 is 0 Å². The molecule has 1 heteroatoms. The van der Waals surface area contributed by atoms with E-state index in [0.29, 0.717) is 0 Å². The fourth-order valence-electron chi connectivity index (χ4n) is 4.52. The van der Waals surface area contributed by atoms with Crippen LogP contribution in [0.2, 0.25) is 0 Å². The molecule has 0 radical (unpaired) electrons. The lowest BCUT2D eigenvalue weighted by Crippen LogP contribution is -2.38. The molecule has 0 saturated heterocycles. The van der Waals surface area contributed by atoms with Crippen LogP contribution in [0.5, 0.6) is 0 Å². The Morgan fingerprint density at radius 2 is 1.00 bits per heavy atom. The van der Waals surface area contributed by atoms with Crippen LogP contribution in [0.4, 0.5) is 0 Å². The summed E-state index contributed by atoms with van der Waals surface area (Å²) < 4.78 is 0. The van der Waals surface area contributed by atoms with E-state index >= 15 is 0 Å². The van der Waals surface area contributed by atoms with Crippen molar-refractivity contribution in [1.82, 2.24) is 0 Å². The van der Waals surface area contributed by atoms with Gasteiger partial charge in [-0.3, -0.25) is 0 Å². The summed E-state index contributed by atoms with van der Waals surface area (Å²) in [7, 11) is 1.17. The number of hydrogen-bond donors (Lipinski definition) is 0. The molecule has 4 saturated carbocycles. The van der Waals surface area contributed by atoms with Gasteiger partial charge in [0.1, 0.15) is 0 Å². The van der Waals surface area contributed by atoms with Crippen LogP contribution in [0.15, 0.2) is 30.3 Å². The molecule has 17 heavy (non-hydrogen) atoms. The van der Waals surface area contributed by atoms with E-state index in [0.717, 1.165) is 0 Å². The van der Waals surface area contributed by atoms with Crippen molar-refractivity contribution in [2.45, 2.75) is 38.5 Å². The van der Waals surface area contributed by atoms with E-state index in [1.54, 1.807) is 38.5 Å². The van der Waals surface area contributed by atoms with E-state index in [2.05, 4.69) is 24.3 Å². The average molecular weight is 244 g/mol. The van der Waals surface area contributed by atoms with Crippen LogP contribution in [0, 0.1) is 23.7 Å². The van der Waals surface area contributed by atoms with Gasteiger partial charge in [-0.05, 0) is 62.2 Å². The van der Waals surface area contributed by atoms with Crippen LogP contribution in [-0.4, -0.2) is 10.2 Å². The van der Waals surface area contributed by atoms with Gasteiger partial charge in [-0.2, -0.15) is 0 Å². The lowest BCUT2D eigenvalue weighted by atomic mass is 9.56. The molecule has 0 spiro atoms. The standard InChI is InChI=1S/C10H16.C6H8Si/c1-7-2-9-4-8(1)5-10(3-7)6-9;7-6-4-2-1-3-5-6/h7-10H,1-6H2;1-5H,7H3. The molecule has 0 unspecified atom stereocenters. The Balaban J connectivity index is 0.000000115. The fourth-order valence-corrected chi connectivity index (χ4v) is 4.90. The number of hydrogen-bond acceptors (Lipinski definition) is 0. The Bertz CT molecular complexity index is 301. The summed E-state index contributed by atoms with van der Waals surface area (Å²) in [5.74, 6) is 4.71. The molecule has 0 aliphatic heterocycles. The molecule has 0 heterocycles. The van der Waals surface area contributed by atoms with Crippen LogP contribution < -0.4 is 5.19 Å². The molecule has 0 amide bonds. The Labute approximate surface area is 108 Å². The van der Waals surface area contributed by atoms with Gasteiger partial charge in [0.25, 0.3) is 0 Å². The zero-order chi connectivity index (χ0) is 11.7. The third-order valence-corrected chi connectivity index (χ3v) is 5.61. The summed E-state index contributed by atoms with van der Waals surface area (Å²) in [4.78, 5) is 0. The van der Waals surface area contributed by atoms with Crippen molar-refractivity contribution in [2.24, 2.45) is 23.7 Å². The highest BCUT2D eigenvalue weighted by Gasteiger charge is 2.41. The SMILES string of the molecule is C1C2CC3CC1CC(C2)C3.[SiH3]c1ccccc1. The van der Waals surface area contributed by atoms with E-state index in [-0.39, 0.29) is 0 Å². The van der Waals surface area contributed by atoms with Crippen molar-refractivity contribution < 1.29 is 0 Å². The fraction of sp³-hybridized carbons (Fsp3) is 0.625. The Morgan fingerprint density at radius 1 is 0.647 bits per heavy atom. The van der Waals surface area contributed by atoms with Crippen molar-refractivity contribution in [3.8, 4) is 0 Å². The minimum atomic E-state index is 1.17. The second-order valence-electron chi connectivity index (χ2n) is 6.53. The normalized spacial score (nSPS) is 37.6. The summed E-state index contributed by atoms with van der Waals surface area (Å²) in [5.41, 5.74) is 0. The van der Waals surface area contributed by atoms with Crippen molar-refractivity contribution in [3.05, 3.63) is 30.3 Å². The van der Waals surface area contributed by atoms with Gasteiger partial charge in [-0.1, -0.05) is 35.5 Å². The van der Waals surface area contributed by atoms with Gasteiger partial charge in [0.15, 0.2) is 0 Å². The van der Waals surface area contributed by atoms with Gasteiger partial charge in [-0.15, -0.1) is 0 Å². The van der Waals surface area contributed by atoms with Crippen molar-refractivity contribution in [2.75, 3.05) is 0 Å². The molecule has 4 aliphatic carbocycles. The predicted molar refractivity (Wildman–Crippen MR) is 77.7 cm³/mol. The van der Waals surface area contributed by atoms with E-state index < -0.39 is 0 Å². The van der Waals surface area contributed by atoms with Crippen LogP contribution in [0.3, 0.4) is 0 Å². The molecule has 1 aromatic carbocycles. The van der Waals surface area contributed by atoms with Crippen molar-refractivity contribution in [3.63, 3.8) is 0 Å². The minimum absolute atomic E-state index is 1.17. The maximum absolute atomic E-state index is 2.15. The van der Waals surface area contributed by atoms with Crippen LogP contribution in [0.25, 0.3) is 0 Å². The Morgan fingerprint density at radius 3 is 1.24 bits per heavy atom. The van der Waals surface area contributed by atoms with E-state index in [9.17, 15) is 0 Å². The molecule has 5 rings (SSSR count). The van der Waals surface area contributed by atoms with Gasteiger partial charge in [0.05, 0.1) is 0 Å². The summed E-state index contributed by atoms with van der Waals surface area (Å²) in [6.45, 7) is 0. The topological polar surface area (TPSA) is 0 Å². The van der Waals surface area contributed by atoms with Crippen molar-refractivity contribution in [1.29, 1.82) is 0 Å². The van der Waals surface area contributed by atoms with Crippen molar-refractivity contribution >= 4 is 15.4 Å². The van der Waals surface area contributed by atoms with Gasteiger partial charge in [-0.25, -0.2) is 0 Å². The Hall–Kier alpha value is -0.563. The molecule has 4 fully saturated rings. The molecular formula is C16H24Si. The first-order chi connectivity index (χ1) is 8.29. The quantitative estimate of drug-likeness (QED) is 0.615. The van der Waals surface area contributed by atoms with E-state index in [1.807, 2.05) is 6.07 Å². The average Bonchev–Trinajstić information content (AvgIpc) is 2.28. The zero-order valence-electron chi connectivity index (χ0n) is 10.9. The Kier molecular flexibility index (Phi) is 3.37. The molecule has 92 valence electrons. The highest BCUT2D eigenvalue weighted by Crippen LogP contribution is 2.53. The highest BCUT2D eigenvalue weighted by molar-refractivity contribution is 6.32. The predicted octanol–water partition coefficient (Wildman–Crippen LogP) is 2.51. The lowest BCUT2D eigenvalue weighted by Gasteiger charge is -2.49. The van der Waals surface area contributed by atoms with Gasteiger partial charge in [0, 0.05) is 10.2 Å². The first kappa shape index (κ1) is 11.5. The lowest BCUT2D eigenvalue weighted by molar-refractivity contribution is 0.0198. The summed E-state index contributed by atoms with van der Waals surface area (Å²) in [5, 5.41) is 1.46. The van der Waals surface area contributed by atoms with Gasteiger partial charge in [0.2, 0.25) is 0 Å². The molecule has 0 nitrogen and oxygen atoms in total. The third kappa shape index (κ3) is 2.82. The second kappa shape index (κ2) is 4.97. The monoisotopic (exact) mass is 244 g/mol. The third-order valence-electron chi connectivity index (χ3n) is 4.94. The largest absolute Gasteiger partial charge is 0.0708 e. The molecule has 0 atom stereocenters. The first-order valence-corrected chi connectivity index (χ1v) is 8.31. The number of benzene rings is 1. The smallest absolute Gasteiger partial charge is 0.0384 e. The van der Waals surface area contributed by atoms with Gasteiger partial charge < -0.3 is 0 Å². The first-order valence-electron chi connectivity index (χ1n) is 7.31. The molecule has 4 aliphatic rings.